The van der Waals surface area contributed by atoms with Gasteiger partial charge in [-0.15, -0.1) is 0 Å². The van der Waals surface area contributed by atoms with Crippen LogP contribution < -0.4 is 14.7 Å². The smallest absolute Gasteiger partial charge is 0.822 e. The standard InChI is InChI=1S/C15H34N.H3O4P/c1-5-6-7-8-9-10-11-12-13-14-15-16(2,3)4;1-5(2,3)4/h5-15H2,1-4H3;(H3,1,2,3,4)/q+1;/p-1. The minimum atomic E-state index is -5.39. The van der Waals surface area contributed by atoms with E-state index in [0.717, 1.165) is 4.48 Å². The average Bonchev–Trinajstić information content (AvgIpc) is 2.28. The topological polar surface area (TPSA) is 86.2 Å². The fourth-order valence-corrected chi connectivity index (χ4v) is 2.07. The summed E-state index contributed by atoms with van der Waals surface area (Å²) in [4.78, 5) is 25.6. The molecular weight excluding hydrogens is 289 g/mol. The largest absolute Gasteiger partial charge is 1.00 e. The zero-order valence-electron chi connectivity index (χ0n) is 16.3. The van der Waals surface area contributed by atoms with Gasteiger partial charge in [0.1, 0.15) is 0 Å². The minimum absolute atomic E-state index is 0. The van der Waals surface area contributed by atoms with E-state index in [1.54, 1.807) is 0 Å². The second-order valence-electron chi connectivity index (χ2n) is 6.64. The average molecular weight is 325 g/mol. The third-order valence-corrected chi connectivity index (χ3v) is 3.18. The van der Waals surface area contributed by atoms with Gasteiger partial charge in [0.15, 0.2) is 0 Å². The third-order valence-electron chi connectivity index (χ3n) is 3.18. The number of unbranched alkanes of at least 4 members (excludes halogenated alkanes) is 9. The van der Waals surface area contributed by atoms with Gasteiger partial charge in [-0.25, -0.2) is 0 Å². The van der Waals surface area contributed by atoms with Gasteiger partial charge in [0.25, 0.3) is 0 Å². The maximum Gasteiger partial charge on any atom is 1.00 e. The van der Waals surface area contributed by atoms with Crippen LogP contribution in [0.25, 0.3) is 0 Å². The number of nitrogens with zero attached hydrogens (tertiary/aromatic N) is 1. The Hall–Kier alpha value is 0.0700. The monoisotopic (exact) mass is 325 g/mol. The Kier molecular flexibility index (Phi) is 15.2. The molecule has 0 fully saturated rings. The second kappa shape index (κ2) is 13.7. The molecule has 6 heteroatoms. The highest BCUT2D eigenvalue weighted by Gasteiger charge is 2.04. The van der Waals surface area contributed by atoms with E-state index < -0.39 is 7.82 Å². The van der Waals surface area contributed by atoms with Crippen LogP contribution in [0.2, 0.25) is 0 Å². The van der Waals surface area contributed by atoms with Crippen LogP contribution >= 0.6 is 7.82 Å². The van der Waals surface area contributed by atoms with E-state index >= 15 is 0 Å². The number of hydrogen-bond acceptors (Lipinski definition) is 4. The summed E-state index contributed by atoms with van der Waals surface area (Å²) in [6, 6.07) is 0. The molecule has 0 N–H and O–H groups in total. The van der Waals surface area contributed by atoms with Crippen molar-refractivity contribution in [3.8, 4) is 0 Å². The first kappa shape index (κ1) is 23.3. The Labute approximate surface area is 134 Å². The molecule has 0 aromatic rings. The molecule has 0 radical (unpaired) electrons. The Balaban J connectivity index is -0.000000225. The Morgan fingerprint density at radius 1 is 0.762 bits per heavy atom. The quantitative estimate of drug-likeness (QED) is 0.330. The fourth-order valence-electron chi connectivity index (χ4n) is 2.07. The maximum absolute atomic E-state index is 8.55. The SMILES string of the molecule is CCCCCCCCCCCC[N+](C)(C)C.O=P([O-])([O-])[O-].[H+].[H+]. The van der Waals surface area contributed by atoms with Gasteiger partial charge in [0.05, 0.1) is 27.7 Å². The zero-order chi connectivity index (χ0) is 16.8. The molecule has 21 heavy (non-hydrogen) atoms. The summed E-state index contributed by atoms with van der Waals surface area (Å²) in [6.45, 7) is 3.62. The first-order valence-corrected chi connectivity index (χ1v) is 9.56. The van der Waals surface area contributed by atoms with Gasteiger partial charge in [0, 0.05) is 0 Å². The van der Waals surface area contributed by atoms with Crippen molar-refractivity contribution in [2.45, 2.75) is 71.1 Å². The summed E-state index contributed by atoms with van der Waals surface area (Å²) in [5.41, 5.74) is 0. The van der Waals surface area contributed by atoms with Gasteiger partial charge >= 0.3 is 2.85 Å². The molecule has 0 aliphatic rings. The molecule has 0 aromatic heterocycles. The van der Waals surface area contributed by atoms with Crippen LogP contribution in [-0.4, -0.2) is 32.2 Å². The van der Waals surface area contributed by atoms with E-state index in [1.165, 1.54) is 70.8 Å². The minimum Gasteiger partial charge on any atom is -0.822 e. The summed E-state index contributed by atoms with van der Waals surface area (Å²) in [5.74, 6) is 0. The lowest BCUT2D eigenvalue weighted by Gasteiger charge is -2.36. The van der Waals surface area contributed by atoms with Crippen molar-refractivity contribution in [2.75, 3.05) is 27.7 Å². The van der Waals surface area contributed by atoms with Gasteiger partial charge in [-0.1, -0.05) is 58.3 Å². The van der Waals surface area contributed by atoms with Gasteiger partial charge in [-0.3, -0.25) is 0 Å². The van der Waals surface area contributed by atoms with Gasteiger partial charge in [0.2, 0.25) is 0 Å². The first-order chi connectivity index (χ1) is 9.56. The van der Waals surface area contributed by atoms with Crippen molar-refractivity contribution in [1.82, 2.24) is 0 Å². The molecule has 5 nitrogen and oxygen atoms in total. The van der Waals surface area contributed by atoms with Gasteiger partial charge in [-0.05, 0) is 12.8 Å². The highest BCUT2D eigenvalue weighted by Crippen LogP contribution is 2.11. The van der Waals surface area contributed by atoms with Crippen molar-refractivity contribution < 1.29 is 26.6 Å². The molecule has 130 valence electrons. The predicted molar refractivity (Wildman–Crippen MR) is 84.6 cm³/mol. The summed E-state index contributed by atoms with van der Waals surface area (Å²) in [6.07, 6.45) is 14.4. The van der Waals surface area contributed by atoms with Crippen molar-refractivity contribution in [3.05, 3.63) is 0 Å². The van der Waals surface area contributed by atoms with Crippen LogP contribution in [0.1, 0.15) is 74.0 Å². The van der Waals surface area contributed by atoms with Crippen LogP contribution in [0, 0.1) is 0 Å². The van der Waals surface area contributed by atoms with E-state index in [1.807, 2.05) is 0 Å². The highest BCUT2D eigenvalue weighted by molar-refractivity contribution is 7.40. The number of rotatable bonds is 11. The molecule has 0 aliphatic carbocycles. The molecule has 0 aliphatic heterocycles. The van der Waals surface area contributed by atoms with E-state index in [2.05, 4.69) is 28.1 Å². The Morgan fingerprint density at radius 3 is 1.33 bits per heavy atom. The van der Waals surface area contributed by atoms with E-state index in [9.17, 15) is 0 Å². The molecule has 0 saturated heterocycles. The van der Waals surface area contributed by atoms with Crippen LogP contribution in [0.3, 0.4) is 0 Å². The lowest BCUT2D eigenvalue weighted by Crippen LogP contribution is -2.35. The number of hydrogen-bond donors (Lipinski definition) is 0. The van der Waals surface area contributed by atoms with Gasteiger partial charge in [-0.2, -0.15) is 7.82 Å². The first-order valence-electron chi connectivity index (χ1n) is 8.10. The lowest BCUT2D eigenvalue weighted by atomic mass is 10.1. The highest BCUT2D eigenvalue weighted by atomic mass is 31.2. The van der Waals surface area contributed by atoms with E-state index in [4.69, 9.17) is 19.2 Å². The fraction of sp³-hybridized carbons (Fsp3) is 1.00. The third kappa shape index (κ3) is 38.4. The maximum atomic E-state index is 8.55. The predicted octanol–water partition coefficient (Wildman–Crippen LogP) is 2.01. The van der Waals surface area contributed by atoms with E-state index in [0.29, 0.717) is 0 Å². The molecule has 0 bridgehead atoms. The Morgan fingerprint density at radius 2 is 1.05 bits per heavy atom. The molecule has 0 rings (SSSR count). The van der Waals surface area contributed by atoms with Gasteiger partial charge < -0.3 is 23.7 Å². The number of quaternary nitrogens is 1. The number of phosphoric acid groups is 1. The Bertz CT molecular complexity index is 262. The molecule has 0 saturated carbocycles. The molecule has 0 spiro atoms. The molecular formula is C15H36NO4P. The summed E-state index contributed by atoms with van der Waals surface area (Å²) >= 11 is 0. The van der Waals surface area contributed by atoms with Crippen molar-refractivity contribution in [1.29, 1.82) is 0 Å². The molecule has 0 heterocycles. The molecule has 0 unspecified atom stereocenters. The molecule has 0 amide bonds. The normalized spacial score (nSPS) is 12.0. The van der Waals surface area contributed by atoms with E-state index in [-0.39, 0.29) is 2.85 Å². The zero-order valence-corrected chi connectivity index (χ0v) is 15.2. The van der Waals surface area contributed by atoms with Crippen molar-refractivity contribution in [2.24, 2.45) is 0 Å². The van der Waals surface area contributed by atoms with Crippen LogP contribution in [0.15, 0.2) is 0 Å². The molecule has 0 atom stereocenters. The van der Waals surface area contributed by atoms with Crippen LogP contribution in [0.4, 0.5) is 0 Å². The molecule has 0 aromatic carbocycles. The summed E-state index contributed by atoms with van der Waals surface area (Å²) in [7, 11) is 1.47. The summed E-state index contributed by atoms with van der Waals surface area (Å²) in [5, 5.41) is 0. The van der Waals surface area contributed by atoms with Crippen LogP contribution in [-0.2, 0) is 4.57 Å². The lowest BCUT2D eigenvalue weighted by molar-refractivity contribution is -0.870. The van der Waals surface area contributed by atoms with Crippen molar-refractivity contribution in [3.63, 3.8) is 0 Å². The second-order valence-corrected chi connectivity index (χ2v) is 7.54. The summed E-state index contributed by atoms with van der Waals surface area (Å²) < 4.78 is 9.67. The van der Waals surface area contributed by atoms with Crippen LogP contribution in [0.5, 0.6) is 0 Å². The van der Waals surface area contributed by atoms with Crippen molar-refractivity contribution >= 4 is 7.82 Å².